The van der Waals surface area contributed by atoms with Gasteiger partial charge in [0.15, 0.2) is 0 Å². The van der Waals surface area contributed by atoms with Crippen LogP contribution >= 0.6 is 11.3 Å². The van der Waals surface area contributed by atoms with Gasteiger partial charge in [0.2, 0.25) is 0 Å². The third-order valence-electron chi connectivity index (χ3n) is 3.38. The van der Waals surface area contributed by atoms with E-state index in [1.165, 1.54) is 6.26 Å². The average molecular weight is 337 g/mol. The van der Waals surface area contributed by atoms with Gasteiger partial charge in [-0.05, 0) is 19.1 Å². The summed E-state index contributed by atoms with van der Waals surface area (Å²) in [4.78, 5) is 16.3. The second kappa shape index (κ2) is 7.61. The summed E-state index contributed by atoms with van der Waals surface area (Å²) in [5.41, 5.74) is -0.247. The molecule has 0 radical (unpaired) electrons. The van der Waals surface area contributed by atoms with Gasteiger partial charge in [-0.3, -0.25) is 0 Å². The first-order valence-electron chi connectivity index (χ1n) is 7.61. The van der Waals surface area contributed by atoms with Crippen molar-refractivity contribution in [2.45, 2.75) is 38.7 Å². The van der Waals surface area contributed by atoms with Gasteiger partial charge < -0.3 is 20.2 Å². The monoisotopic (exact) mass is 337 g/mol. The van der Waals surface area contributed by atoms with Crippen LogP contribution in [0, 0.1) is 0 Å². The van der Waals surface area contributed by atoms with Gasteiger partial charge in [-0.2, -0.15) is 0 Å². The highest BCUT2D eigenvalue weighted by atomic mass is 32.1. The van der Waals surface area contributed by atoms with Gasteiger partial charge in [-0.1, -0.05) is 13.8 Å². The number of nitrogens with zero attached hydrogens (tertiary/aromatic N) is 1. The number of urea groups is 1. The summed E-state index contributed by atoms with van der Waals surface area (Å²) in [6.45, 7) is 6.38. The quantitative estimate of drug-likeness (QED) is 0.725. The predicted octanol–water partition coefficient (Wildman–Crippen LogP) is 2.61. The number of rotatable bonds is 7. The Morgan fingerprint density at radius 2 is 2.26 bits per heavy atom. The molecule has 0 saturated carbocycles. The van der Waals surface area contributed by atoms with Crippen molar-refractivity contribution in [1.29, 1.82) is 0 Å². The summed E-state index contributed by atoms with van der Waals surface area (Å²) in [6, 6.07) is 3.05. The van der Waals surface area contributed by atoms with Crippen molar-refractivity contribution in [3.05, 3.63) is 40.2 Å². The van der Waals surface area contributed by atoms with Crippen molar-refractivity contribution in [3.63, 3.8) is 0 Å². The van der Waals surface area contributed by atoms with Crippen LogP contribution in [0.2, 0.25) is 0 Å². The molecule has 2 heterocycles. The zero-order valence-corrected chi connectivity index (χ0v) is 14.4. The van der Waals surface area contributed by atoms with Crippen LogP contribution in [0.25, 0.3) is 0 Å². The van der Waals surface area contributed by atoms with Crippen molar-refractivity contribution in [2.75, 3.05) is 13.1 Å². The minimum atomic E-state index is -1.23. The number of carbonyl (C=O) groups excluding carboxylic acids is 1. The molecule has 3 N–H and O–H groups in total. The van der Waals surface area contributed by atoms with Crippen molar-refractivity contribution < 1.29 is 14.3 Å². The van der Waals surface area contributed by atoms with Crippen LogP contribution in [0.1, 0.15) is 43.2 Å². The van der Waals surface area contributed by atoms with Crippen LogP contribution in [0.15, 0.2) is 28.2 Å². The van der Waals surface area contributed by atoms with E-state index in [2.05, 4.69) is 29.5 Å². The molecular formula is C16H23N3O3S. The van der Waals surface area contributed by atoms with Crippen molar-refractivity contribution >= 4 is 17.4 Å². The number of thiazole rings is 1. The molecule has 2 amide bonds. The third kappa shape index (κ3) is 5.07. The Bertz CT molecular complexity index is 620. The lowest BCUT2D eigenvalue weighted by Crippen LogP contribution is -2.43. The van der Waals surface area contributed by atoms with Gasteiger partial charge in [0, 0.05) is 24.3 Å². The Balaban J connectivity index is 1.71. The maximum absolute atomic E-state index is 11.8. The van der Waals surface area contributed by atoms with Gasteiger partial charge in [-0.15, -0.1) is 11.3 Å². The number of carbonyl (C=O) groups is 1. The molecule has 0 aliphatic heterocycles. The smallest absolute Gasteiger partial charge is 0.314 e. The van der Waals surface area contributed by atoms with Crippen molar-refractivity contribution in [2.24, 2.45) is 0 Å². The van der Waals surface area contributed by atoms with E-state index in [4.69, 9.17) is 4.42 Å². The Hall–Kier alpha value is -1.86. The molecule has 1 atom stereocenters. The number of hydrogen-bond donors (Lipinski definition) is 3. The second-order valence-electron chi connectivity index (χ2n) is 5.94. The summed E-state index contributed by atoms with van der Waals surface area (Å²) in [7, 11) is 0. The first-order valence-corrected chi connectivity index (χ1v) is 8.49. The van der Waals surface area contributed by atoms with Crippen LogP contribution in [-0.4, -0.2) is 29.2 Å². The Kier molecular flexibility index (Phi) is 5.79. The molecule has 1 unspecified atom stereocenters. The zero-order valence-electron chi connectivity index (χ0n) is 13.6. The second-order valence-corrected chi connectivity index (χ2v) is 6.83. The molecule has 0 aliphatic carbocycles. The van der Waals surface area contributed by atoms with Crippen molar-refractivity contribution in [1.82, 2.24) is 15.6 Å². The lowest BCUT2D eigenvalue weighted by molar-refractivity contribution is 0.0367. The molecule has 0 spiro atoms. The summed E-state index contributed by atoms with van der Waals surface area (Å²) in [5.74, 6) is 0.843. The van der Waals surface area contributed by atoms with Gasteiger partial charge >= 0.3 is 6.03 Å². The molecule has 6 nitrogen and oxygen atoms in total. The molecule has 7 heteroatoms. The van der Waals surface area contributed by atoms with Crippen LogP contribution in [0.5, 0.6) is 0 Å². The Morgan fingerprint density at radius 1 is 1.48 bits per heavy atom. The number of aromatic nitrogens is 1. The molecular weight excluding hydrogens is 314 g/mol. The van der Waals surface area contributed by atoms with Gasteiger partial charge in [0.05, 0.1) is 23.5 Å². The van der Waals surface area contributed by atoms with E-state index in [0.29, 0.717) is 24.6 Å². The standard InChI is InChI=1S/C16H23N3O3S/c1-11(2)14-19-12(9-23-14)6-7-17-15(20)18-10-16(3,21)13-5-4-8-22-13/h4-5,8-9,11,21H,6-7,10H2,1-3H3,(H2,17,18,20). The van der Waals surface area contributed by atoms with Crippen molar-refractivity contribution in [3.8, 4) is 0 Å². The summed E-state index contributed by atoms with van der Waals surface area (Å²) in [5, 5.41) is 18.8. The molecule has 0 saturated heterocycles. The first-order chi connectivity index (χ1) is 10.9. The van der Waals surface area contributed by atoms with Gasteiger partial charge in [0.25, 0.3) is 0 Å². The molecule has 2 aromatic heterocycles. The number of nitrogens with one attached hydrogen (secondary N) is 2. The van der Waals surface area contributed by atoms with E-state index in [-0.39, 0.29) is 12.6 Å². The molecule has 2 rings (SSSR count). The summed E-state index contributed by atoms with van der Waals surface area (Å²) >= 11 is 1.65. The molecule has 0 fully saturated rings. The van der Waals surface area contributed by atoms with Crippen LogP contribution < -0.4 is 10.6 Å². The fourth-order valence-corrected chi connectivity index (χ4v) is 2.86. The minimum absolute atomic E-state index is 0.0700. The van der Waals surface area contributed by atoms with Gasteiger partial charge in [0.1, 0.15) is 11.4 Å². The number of amides is 2. The van der Waals surface area contributed by atoms with Crippen LogP contribution in [-0.2, 0) is 12.0 Å². The van der Waals surface area contributed by atoms with E-state index < -0.39 is 5.60 Å². The Morgan fingerprint density at radius 3 is 2.87 bits per heavy atom. The normalized spacial score (nSPS) is 13.8. The zero-order chi connectivity index (χ0) is 16.9. The topological polar surface area (TPSA) is 87.4 Å². The maximum Gasteiger partial charge on any atom is 0.314 e. The fraction of sp³-hybridized carbons (Fsp3) is 0.500. The Labute approximate surface area is 139 Å². The average Bonchev–Trinajstić information content (AvgIpc) is 3.17. The summed E-state index contributed by atoms with van der Waals surface area (Å²) in [6.07, 6.45) is 2.17. The fourth-order valence-electron chi connectivity index (χ4n) is 1.99. The SMILES string of the molecule is CC(C)c1nc(CCNC(=O)NCC(C)(O)c2ccco2)cs1. The van der Waals surface area contributed by atoms with E-state index in [0.717, 1.165) is 10.7 Å². The largest absolute Gasteiger partial charge is 0.466 e. The highest BCUT2D eigenvalue weighted by Crippen LogP contribution is 2.20. The lowest BCUT2D eigenvalue weighted by Gasteiger charge is -2.21. The molecule has 0 aromatic carbocycles. The van der Waals surface area contributed by atoms with Crippen LogP contribution in [0.4, 0.5) is 4.79 Å². The molecule has 2 aromatic rings. The highest BCUT2D eigenvalue weighted by molar-refractivity contribution is 7.09. The van der Waals surface area contributed by atoms with E-state index >= 15 is 0 Å². The lowest BCUT2D eigenvalue weighted by atomic mass is 10.0. The van der Waals surface area contributed by atoms with Gasteiger partial charge in [-0.25, -0.2) is 9.78 Å². The van der Waals surface area contributed by atoms with E-state index in [9.17, 15) is 9.90 Å². The maximum atomic E-state index is 11.8. The van der Waals surface area contributed by atoms with Crippen LogP contribution in [0.3, 0.4) is 0 Å². The number of hydrogen-bond acceptors (Lipinski definition) is 5. The minimum Gasteiger partial charge on any atom is -0.466 e. The third-order valence-corrected chi connectivity index (χ3v) is 4.57. The number of aliphatic hydroxyl groups is 1. The number of furan rings is 1. The highest BCUT2D eigenvalue weighted by Gasteiger charge is 2.26. The molecule has 0 aliphatic rings. The molecule has 0 bridgehead atoms. The first kappa shape index (κ1) is 17.5. The van der Waals surface area contributed by atoms with E-state index in [1.807, 2.05) is 5.38 Å². The van der Waals surface area contributed by atoms with E-state index in [1.54, 1.807) is 30.4 Å². The predicted molar refractivity (Wildman–Crippen MR) is 89.6 cm³/mol. The molecule has 126 valence electrons. The summed E-state index contributed by atoms with van der Waals surface area (Å²) < 4.78 is 5.16. The molecule has 23 heavy (non-hydrogen) atoms.